The molecule has 0 fully saturated rings. The van der Waals surface area contributed by atoms with Gasteiger partial charge >= 0.3 is 0 Å². The molecule has 74 valence electrons. The van der Waals surface area contributed by atoms with Gasteiger partial charge in [0.2, 0.25) is 0 Å². The van der Waals surface area contributed by atoms with Crippen LogP contribution in [0.15, 0.2) is 23.1 Å². The Bertz CT molecular complexity index is 396. The summed E-state index contributed by atoms with van der Waals surface area (Å²) in [6, 6.07) is 4.71. The van der Waals surface area contributed by atoms with E-state index in [0.29, 0.717) is 5.02 Å². The molecule has 4 heteroatoms. The van der Waals surface area contributed by atoms with Crippen LogP contribution in [0, 0.1) is 6.92 Å². The molecule has 0 unspecified atom stereocenters. The van der Waals surface area contributed by atoms with E-state index in [2.05, 4.69) is 0 Å². The molecule has 0 amide bonds. The highest BCUT2D eigenvalue weighted by molar-refractivity contribution is 7.90. The minimum absolute atomic E-state index is 0. The Balaban J connectivity index is 0.00000144. The van der Waals surface area contributed by atoms with Gasteiger partial charge in [-0.3, -0.25) is 0 Å². The van der Waals surface area contributed by atoms with Crippen molar-refractivity contribution in [1.82, 2.24) is 0 Å². The van der Waals surface area contributed by atoms with Crippen molar-refractivity contribution in [3.63, 3.8) is 0 Å². The van der Waals surface area contributed by atoms with Crippen LogP contribution in [0.4, 0.5) is 0 Å². The SMILES string of the molecule is C.Cc1ccc(S(C)(=O)=O)cc1Cl. The minimum atomic E-state index is -3.13. The van der Waals surface area contributed by atoms with E-state index >= 15 is 0 Å². The van der Waals surface area contributed by atoms with E-state index in [4.69, 9.17) is 11.6 Å². The van der Waals surface area contributed by atoms with Crippen molar-refractivity contribution in [2.45, 2.75) is 19.2 Å². The summed E-state index contributed by atoms with van der Waals surface area (Å²) in [6.07, 6.45) is 1.16. The second kappa shape index (κ2) is 4.11. The maximum Gasteiger partial charge on any atom is 0.175 e. The summed E-state index contributed by atoms with van der Waals surface area (Å²) in [5.41, 5.74) is 0.879. The number of rotatable bonds is 1. The zero-order chi connectivity index (χ0) is 9.35. The van der Waals surface area contributed by atoms with Gasteiger partial charge in [-0.2, -0.15) is 0 Å². The van der Waals surface area contributed by atoms with Gasteiger partial charge in [-0.25, -0.2) is 8.42 Å². The summed E-state index contributed by atoms with van der Waals surface area (Å²) in [5, 5.41) is 0.484. The second-order valence-electron chi connectivity index (χ2n) is 2.68. The number of benzene rings is 1. The third-order valence-electron chi connectivity index (χ3n) is 1.57. The number of halogens is 1. The highest BCUT2D eigenvalue weighted by Gasteiger charge is 2.07. The molecule has 0 N–H and O–H groups in total. The van der Waals surface area contributed by atoms with E-state index in [9.17, 15) is 8.42 Å². The van der Waals surface area contributed by atoms with E-state index in [1.165, 1.54) is 6.07 Å². The van der Waals surface area contributed by atoms with Crippen molar-refractivity contribution in [3.05, 3.63) is 28.8 Å². The Hall–Kier alpha value is -0.540. The molecule has 0 aliphatic carbocycles. The van der Waals surface area contributed by atoms with E-state index in [0.717, 1.165) is 11.8 Å². The number of hydrogen-bond donors (Lipinski definition) is 0. The average Bonchev–Trinajstić information content (AvgIpc) is 1.92. The van der Waals surface area contributed by atoms with E-state index < -0.39 is 9.84 Å². The maximum absolute atomic E-state index is 11.0. The van der Waals surface area contributed by atoms with E-state index in [1.807, 2.05) is 6.92 Å². The predicted octanol–water partition coefficient (Wildman–Crippen LogP) is 2.69. The molecule has 1 aromatic rings. The number of aryl methyl sites for hydroxylation is 1. The molecule has 0 heterocycles. The number of sulfone groups is 1. The van der Waals surface area contributed by atoms with Gasteiger partial charge in [0.05, 0.1) is 4.90 Å². The molecule has 0 aromatic heterocycles. The van der Waals surface area contributed by atoms with E-state index in [-0.39, 0.29) is 12.3 Å². The van der Waals surface area contributed by atoms with Crippen LogP contribution in [0.2, 0.25) is 5.02 Å². The zero-order valence-corrected chi connectivity index (χ0v) is 8.41. The fraction of sp³-hybridized carbons (Fsp3) is 0.333. The quantitative estimate of drug-likeness (QED) is 0.729. The molecule has 0 saturated heterocycles. The summed E-state index contributed by atoms with van der Waals surface area (Å²) in [4.78, 5) is 0.262. The Morgan fingerprint density at radius 2 is 1.85 bits per heavy atom. The van der Waals surface area contributed by atoms with E-state index in [1.54, 1.807) is 12.1 Å². The first-order chi connectivity index (χ1) is 5.41. The Morgan fingerprint density at radius 1 is 1.31 bits per heavy atom. The fourth-order valence-electron chi connectivity index (χ4n) is 0.804. The third-order valence-corrected chi connectivity index (χ3v) is 3.09. The lowest BCUT2D eigenvalue weighted by Gasteiger charge is -2.00. The predicted molar refractivity (Wildman–Crippen MR) is 56.0 cm³/mol. The molecule has 0 radical (unpaired) electrons. The summed E-state index contributed by atoms with van der Waals surface area (Å²) < 4.78 is 22.1. The molecule has 13 heavy (non-hydrogen) atoms. The molecule has 0 aliphatic heterocycles. The summed E-state index contributed by atoms with van der Waals surface area (Å²) in [5.74, 6) is 0. The monoisotopic (exact) mass is 220 g/mol. The van der Waals surface area contributed by atoms with Gasteiger partial charge < -0.3 is 0 Å². The molecule has 2 nitrogen and oxygen atoms in total. The number of hydrogen-bond acceptors (Lipinski definition) is 2. The smallest absolute Gasteiger partial charge is 0.175 e. The van der Waals surface area contributed by atoms with Crippen LogP contribution in [0.5, 0.6) is 0 Å². The topological polar surface area (TPSA) is 34.1 Å². The van der Waals surface area contributed by atoms with Crippen LogP contribution in [-0.2, 0) is 9.84 Å². The minimum Gasteiger partial charge on any atom is -0.224 e. The standard InChI is InChI=1S/C8H9ClO2S.CH4/c1-6-3-4-7(5-8(6)9)12(2,10)11;/h3-5H,1-2H3;1H4. The third kappa shape index (κ3) is 3.01. The van der Waals surface area contributed by atoms with Gasteiger partial charge in [-0.05, 0) is 24.6 Å². The van der Waals surface area contributed by atoms with Crippen molar-refractivity contribution in [2.75, 3.05) is 6.26 Å². The average molecular weight is 221 g/mol. The molecule has 0 saturated carbocycles. The van der Waals surface area contributed by atoms with Gasteiger partial charge in [0.1, 0.15) is 0 Å². The lowest BCUT2D eigenvalue weighted by Crippen LogP contribution is -1.96. The van der Waals surface area contributed by atoms with Gasteiger partial charge in [-0.1, -0.05) is 25.1 Å². The first kappa shape index (κ1) is 12.5. The first-order valence-electron chi connectivity index (χ1n) is 3.37. The maximum atomic E-state index is 11.0. The molecule has 0 aliphatic rings. The molecule has 0 atom stereocenters. The summed E-state index contributed by atoms with van der Waals surface area (Å²) in [7, 11) is -3.13. The largest absolute Gasteiger partial charge is 0.224 e. The van der Waals surface area contributed by atoms with Gasteiger partial charge in [0.25, 0.3) is 0 Å². The summed E-state index contributed by atoms with van der Waals surface area (Å²) >= 11 is 5.76. The highest BCUT2D eigenvalue weighted by Crippen LogP contribution is 2.19. The van der Waals surface area contributed by atoms with Crippen LogP contribution in [0.25, 0.3) is 0 Å². The van der Waals surface area contributed by atoms with Crippen molar-refractivity contribution in [1.29, 1.82) is 0 Å². The van der Waals surface area contributed by atoms with Crippen molar-refractivity contribution in [2.24, 2.45) is 0 Å². The Labute approximate surface area is 84.5 Å². The first-order valence-corrected chi connectivity index (χ1v) is 5.64. The molecule has 1 aromatic carbocycles. The molecular formula is C9H13ClO2S. The van der Waals surface area contributed by atoms with Crippen LogP contribution < -0.4 is 0 Å². The molecular weight excluding hydrogens is 208 g/mol. The summed E-state index contributed by atoms with van der Waals surface area (Å²) in [6.45, 7) is 1.83. The fourth-order valence-corrected chi connectivity index (χ4v) is 1.70. The van der Waals surface area contributed by atoms with Crippen LogP contribution in [-0.4, -0.2) is 14.7 Å². The van der Waals surface area contributed by atoms with Crippen molar-refractivity contribution in [3.8, 4) is 0 Å². The second-order valence-corrected chi connectivity index (χ2v) is 5.11. The van der Waals surface area contributed by atoms with Crippen LogP contribution >= 0.6 is 11.6 Å². The normalized spacial score (nSPS) is 10.7. The lowest BCUT2D eigenvalue weighted by molar-refractivity contribution is 0.602. The van der Waals surface area contributed by atoms with Crippen LogP contribution in [0.1, 0.15) is 13.0 Å². The molecule has 0 spiro atoms. The van der Waals surface area contributed by atoms with Gasteiger partial charge in [0, 0.05) is 11.3 Å². The lowest BCUT2D eigenvalue weighted by atomic mass is 10.2. The Morgan fingerprint density at radius 3 is 2.23 bits per heavy atom. The highest BCUT2D eigenvalue weighted by atomic mass is 35.5. The van der Waals surface area contributed by atoms with Gasteiger partial charge in [-0.15, -0.1) is 0 Å². The molecule has 0 bridgehead atoms. The van der Waals surface area contributed by atoms with Crippen molar-refractivity contribution < 1.29 is 8.42 Å². The Kier molecular flexibility index (Phi) is 3.94. The zero-order valence-electron chi connectivity index (χ0n) is 6.83. The molecule has 1 rings (SSSR count). The van der Waals surface area contributed by atoms with Gasteiger partial charge in [0.15, 0.2) is 9.84 Å². The van der Waals surface area contributed by atoms with Crippen LogP contribution in [0.3, 0.4) is 0 Å². The van der Waals surface area contributed by atoms with Crippen molar-refractivity contribution >= 4 is 21.4 Å².